The molecule has 1 atom stereocenters. The third-order valence-electron chi connectivity index (χ3n) is 6.22. The van der Waals surface area contributed by atoms with Gasteiger partial charge in [-0.15, -0.1) is 0 Å². The number of guanidine groups is 1. The van der Waals surface area contributed by atoms with E-state index < -0.39 is 0 Å². The molecule has 2 aliphatic heterocycles. The molecule has 5 nitrogen and oxygen atoms in total. The summed E-state index contributed by atoms with van der Waals surface area (Å²) < 4.78 is 0. The van der Waals surface area contributed by atoms with Crippen LogP contribution in [0.15, 0.2) is 35.3 Å². The highest BCUT2D eigenvalue weighted by atomic mass is 15.3. The van der Waals surface area contributed by atoms with Gasteiger partial charge in [-0.3, -0.25) is 9.89 Å². The molecule has 0 amide bonds. The quantitative estimate of drug-likeness (QED) is 0.637. The van der Waals surface area contributed by atoms with E-state index in [1.54, 1.807) is 0 Å². The number of piperidine rings is 1. The summed E-state index contributed by atoms with van der Waals surface area (Å²) in [6.45, 7) is 10.1. The Bertz CT molecular complexity index is 572. The van der Waals surface area contributed by atoms with Crippen molar-refractivity contribution < 1.29 is 0 Å². The topological polar surface area (TPSA) is 34.1 Å². The SMILES string of the molecule is CCC(c1ccccc1)N1CCN(C(=NC)NCC2CCN(C)CC2)CC1. The highest BCUT2D eigenvalue weighted by Gasteiger charge is 2.25. The van der Waals surface area contributed by atoms with Crippen molar-refractivity contribution in [3.63, 3.8) is 0 Å². The van der Waals surface area contributed by atoms with Crippen molar-refractivity contribution in [1.82, 2.24) is 20.0 Å². The van der Waals surface area contributed by atoms with Crippen LogP contribution in [-0.2, 0) is 0 Å². The predicted molar refractivity (Wildman–Crippen MR) is 114 cm³/mol. The molecular formula is C22H37N5. The average molecular weight is 372 g/mol. The monoisotopic (exact) mass is 371 g/mol. The molecular weight excluding hydrogens is 334 g/mol. The maximum atomic E-state index is 4.56. The first kappa shape index (κ1) is 20.2. The van der Waals surface area contributed by atoms with E-state index in [1.165, 1.54) is 31.5 Å². The molecule has 0 aliphatic carbocycles. The highest BCUT2D eigenvalue weighted by molar-refractivity contribution is 5.80. The van der Waals surface area contributed by atoms with Crippen molar-refractivity contribution in [1.29, 1.82) is 0 Å². The Morgan fingerprint density at radius 3 is 2.33 bits per heavy atom. The lowest BCUT2D eigenvalue weighted by Crippen LogP contribution is -2.53. The second-order valence-corrected chi connectivity index (χ2v) is 8.03. The van der Waals surface area contributed by atoms with E-state index in [9.17, 15) is 0 Å². The molecule has 27 heavy (non-hydrogen) atoms. The van der Waals surface area contributed by atoms with Gasteiger partial charge in [-0.1, -0.05) is 37.3 Å². The molecule has 5 heteroatoms. The summed E-state index contributed by atoms with van der Waals surface area (Å²) in [4.78, 5) is 12.1. The Morgan fingerprint density at radius 2 is 1.74 bits per heavy atom. The number of hydrogen-bond donors (Lipinski definition) is 1. The molecule has 0 aromatic heterocycles. The minimum Gasteiger partial charge on any atom is -0.356 e. The van der Waals surface area contributed by atoms with Crippen molar-refractivity contribution >= 4 is 5.96 Å². The van der Waals surface area contributed by atoms with Gasteiger partial charge >= 0.3 is 0 Å². The zero-order valence-electron chi connectivity index (χ0n) is 17.4. The second-order valence-electron chi connectivity index (χ2n) is 8.03. The van der Waals surface area contributed by atoms with Gasteiger partial charge in [-0.05, 0) is 50.9 Å². The molecule has 0 spiro atoms. The molecule has 1 aromatic rings. The zero-order chi connectivity index (χ0) is 19.1. The Hall–Kier alpha value is -1.59. The molecule has 1 aromatic carbocycles. The summed E-state index contributed by atoms with van der Waals surface area (Å²) >= 11 is 0. The first-order valence-electron chi connectivity index (χ1n) is 10.6. The third kappa shape index (κ3) is 5.45. The summed E-state index contributed by atoms with van der Waals surface area (Å²) in [5, 5.41) is 3.65. The maximum Gasteiger partial charge on any atom is 0.193 e. The van der Waals surface area contributed by atoms with Crippen LogP contribution in [0.4, 0.5) is 0 Å². The lowest BCUT2D eigenvalue weighted by molar-refractivity contribution is 0.126. The number of likely N-dealkylation sites (tertiary alicyclic amines) is 1. The van der Waals surface area contributed by atoms with Crippen LogP contribution in [0.2, 0.25) is 0 Å². The Kier molecular flexibility index (Phi) is 7.53. The van der Waals surface area contributed by atoms with E-state index in [0.29, 0.717) is 6.04 Å². The van der Waals surface area contributed by atoms with Gasteiger partial charge in [0, 0.05) is 45.8 Å². The fourth-order valence-electron chi connectivity index (χ4n) is 4.46. The van der Waals surface area contributed by atoms with Crippen LogP contribution in [0.5, 0.6) is 0 Å². The van der Waals surface area contributed by atoms with E-state index in [-0.39, 0.29) is 0 Å². The molecule has 2 saturated heterocycles. The van der Waals surface area contributed by atoms with E-state index in [0.717, 1.165) is 51.0 Å². The lowest BCUT2D eigenvalue weighted by atomic mass is 9.97. The summed E-state index contributed by atoms with van der Waals surface area (Å²) in [6, 6.07) is 11.5. The number of piperazine rings is 1. The third-order valence-corrected chi connectivity index (χ3v) is 6.22. The zero-order valence-corrected chi connectivity index (χ0v) is 17.4. The first-order chi connectivity index (χ1) is 13.2. The van der Waals surface area contributed by atoms with Gasteiger partial charge in [0.05, 0.1) is 0 Å². The molecule has 1 unspecified atom stereocenters. The van der Waals surface area contributed by atoms with E-state index >= 15 is 0 Å². The number of aliphatic imine (C=N–C) groups is 1. The van der Waals surface area contributed by atoms with Crippen LogP contribution < -0.4 is 5.32 Å². The van der Waals surface area contributed by atoms with Crippen LogP contribution in [0.3, 0.4) is 0 Å². The van der Waals surface area contributed by atoms with Crippen molar-refractivity contribution in [3.8, 4) is 0 Å². The highest BCUT2D eigenvalue weighted by Crippen LogP contribution is 2.25. The predicted octanol–water partition coefficient (Wildman–Crippen LogP) is 2.67. The van der Waals surface area contributed by atoms with Gasteiger partial charge < -0.3 is 15.1 Å². The van der Waals surface area contributed by atoms with Gasteiger partial charge in [0.1, 0.15) is 0 Å². The number of nitrogens with one attached hydrogen (secondary N) is 1. The Labute approximate surface area is 165 Å². The summed E-state index contributed by atoms with van der Waals surface area (Å²) in [5.74, 6) is 1.86. The van der Waals surface area contributed by atoms with E-state index in [1.807, 2.05) is 7.05 Å². The molecule has 1 N–H and O–H groups in total. The number of hydrogen-bond acceptors (Lipinski definition) is 3. The van der Waals surface area contributed by atoms with Gasteiger partial charge in [0.2, 0.25) is 0 Å². The molecule has 150 valence electrons. The largest absolute Gasteiger partial charge is 0.356 e. The minimum absolute atomic E-state index is 0.530. The Balaban J connectivity index is 1.48. The van der Waals surface area contributed by atoms with E-state index in [2.05, 4.69) is 69.3 Å². The summed E-state index contributed by atoms with van der Waals surface area (Å²) in [5.41, 5.74) is 1.44. The van der Waals surface area contributed by atoms with Crippen LogP contribution in [0, 0.1) is 5.92 Å². The van der Waals surface area contributed by atoms with Crippen LogP contribution in [-0.4, -0.2) is 80.6 Å². The Morgan fingerprint density at radius 1 is 1.07 bits per heavy atom. The maximum absolute atomic E-state index is 4.56. The molecule has 2 fully saturated rings. The van der Waals surface area contributed by atoms with Crippen molar-refractivity contribution in [2.75, 3.05) is 59.9 Å². The fourth-order valence-corrected chi connectivity index (χ4v) is 4.46. The lowest BCUT2D eigenvalue weighted by Gasteiger charge is -2.40. The summed E-state index contributed by atoms with van der Waals surface area (Å²) in [6.07, 6.45) is 3.75. The molecule has 0 bridgehead atoms. The fraction of sp³-hybridized carbons (Fsp3) is 0.682. The standard InChI is InChI=1S/C22H37N5/c1-4-21(20-8-6-5-7-9-20)26-14-16-27(17-15-26)22(23-2)24-18-19-10-12-25(3)13-11-19/h5-9,19,21H,4,10-18H2,1-3H3,(H,23,24). The smallest absolute Gasteiger partial charge is 0.193 e. The van der Waals surface area contributed by atoms with Gasteiger partial charge in [-0.2, -0.15) is 0 Å². The first-order valence-corrected chi connectivity index (χ1v) is 10.6. The minimum atomic E-state index is 0.530. The molecule has 0 saturated carbocycles. The molecule has 2 heterocycles. The van der Waals surface area contributed by atoms with Crippen molar-refractivity contribution in [3.05, 3.63) is 35.9 Å². The van der Waals surface area contributed by atoms with Crippen LogP contribution in [0.25, 0.3) is 0 Å². The van der Waals surface area contributed by atoms with E-state index in [4.69, 9.17) is 0 Å². The van der Waals surface area contributed by atoms with Gasteiger partial charge in [0.25, 0.3) is 0 Å². The second kappa shape index (κ2) is 10.1. The number of benzene rings is 1. The van der Waals surface area contributed by atoms with Crippen LogP contribution in [0.1, 0.15) is 37.8 Å². The van der Waals surface area contributed by atoms with Crippen molar-refractivity contribution in [2.24, 2.45) is 10.9 Å². The van der Waals surface area contributed by atoms with Gasteiger partial charge in [0.15, 0.2) is 5.96 Å². The summed E-state index contributed by atoms with van der Waals surface area (Å²) in [7, 11) is 4.14. The molecule has 3 rings (SSSR count). The van der Waals surface area contributed by atoms with Gasteiger partial charge in [-0.25, -0.2) is 0 Å². The molecule has 2 aliphatic rings. The number of nitrogens with zero attached hydrogens (tertiary/aromatic N) is 4. The van der Waals surface area contributed by atoms with Crippen molar-refractivity contribution in [2.45, 2.75) is 32.2 Å². The molecule has 0 radical (unpaired) electrons. The number of rotatable bonds is 5. The average Bonchev–Trinajstić information content (AvgIpc) is 2.72. The normalized spacial score (nSPS) is 22.0. The van der Waals surface area contributed by atoms with Crippen LogP contribution >= 0.6 is 0 Å².